The third-order valence-corrected chi connectivity index (χ3v) is 2.70. The second-order valence-corrected chi connectivity index (χ2v) is 4.17. The molecule has 7 heteroatoms. The van der Waals surface area contributed by atoms with Gasteiger partial charge in [-0.1, -0.05) is 6.92 Å². The third-order valence-electron chi connectivity index (χ3n) is 2.70. The molecular formula is C12H15F3N2O2. The van der Waals surface area contributed by atoms with E-state index in [1.807, 2.05) is 0 Å². The molecule has 106 valence electrons. The Balaban J connectivity index is 2.96. The standard InChI is InChI=1S/C12H15F3N2O2/c1-3-17(7-8(2)11(18)19)9-4-5-16-10(6-9)12(13,14)15/h4-6,8H,3,7H2,1-2H3,(H,18,19). The molecule has 0 bridgehead atoms. The average molecular weight is 276 g/mol. The minimum Gasteiger partial charge on any atom is -0.481 e. The van der Waals surface area contributed by atoms with Gasteiger partial charge in [0.1, 0.15) is 5.69 Å². The van der Waals surface area contributed by atoms with Crippen LogP contribution in [0.1, 0.15) is 19.5 Å². The van der Waals surface area contributed by atoms with Crippen LogP contribution in [0, 0.1) is 5.92 Å². The molecule has 19 heavy (non-hydrogen) atoms. The highest BCUT2D eigenvalue weighted by Crippen LogP contribution is 2.29. The molecule has 1 N–H and O–H groups in total. The van der Waals surface area contributed by atoms with Crippen molar-refractivity contribution in [1.82, 2.24) is 4.98 Å². The van der Waals surface area contributed by atoms with E-state index in [0.717, 1.165) is 12.3 Å². The van der Waals surface area contributed by atoms with Crippen molar-refractivity contribution >= 4 is 11.7 Å². The average Bonchev–Trinajstić information content (AvgIpc) is 2.34. The molecule has 0 spiro atoms. The Bertz CT molecular complexity index is 449. The van der Waals surface area contributed by atoms with E-state index in [1.54, 1.807) is 11.8 Å². The summed E-state index contributed by atoms with van der Waals surface area (Å²) in [6.45, 7) is 3.82. The van der Waals surface area contributed by atoms with Crippen LogP contribution in [0.2, 0.25) is 0 Å². The Morgan fingerprint density at radius 1 is 1.53 bits per heavy atom. The van der Waals surface area contributed by atoms with Crippen LogP contribution < -0.4 is 4.90 Å². The topological polar surface area (TPSA) is 53.4 Å². The molecule has 0 aliphatic carbocycles. The van der Waals surface area contributed by atoms with Gasteiger partial charge in [0, 0.05) is 25.0 Å². The number of alkyl halides is 3. The highest BCUT2D eigenvalue weighted by molar-refractivity contribution is 5.70. The molecule has 4 nitrogen and oxygen atoms in total. The van der Waals surface area contributed by atoms with Crippen molar-refractivity contribution in [3.05, 3.63) is 24.0 Å². The first kappa shape index (κ1) is 15.3. The van der Waals surface area contributed by atoms with Gasteiger partial charge in [-0.25, -0.2) is 0 Å². The predicted octanol–water partition coefficient (Wildman–Crippen LogP) is 2.65. The van der Waals surface area contributed by atoms with Gasteiger partial charge >= 0.3 is 12.1 Å². The van der Waals surface area contributed by atoms with Crippen LogP contribution in [0.3, 0.4) is 0 Å². The number of pyridine rings is 1. The second kappa shape index (κ2) is 5.90. The van der Waals surface area contributed by atoms with Gasteiger partial charge in [0.05, 0.1) is 5.92 Å². The maximum absolute atomic E-state index is 12.6. The Labute approximate surface area is 108 Å². The van der Waals surface area contributed by atoms with Gasteiger partial charge in [-0.2, -0.15) is 13.2 Å². The minimum absolute atomic E-state index is 0.146. The number of aromatic nitrogens is 1. The number of hydrogen-bond acceptors (Lipinski definition) is 3. The normalized spacial score (nSPS) is 13.1. The number of aliphatic carboxylic acids is 1. The van der Waals surface area contributed by atoms with Crippen LogP contribution in [-0.2, 0) is 11.0 Å². The fraction of sp³-hybridized carbons (Fsp3) is 0.500. The summed E-state index contributed by atoms with van der Waals surface area (Å²) in [5.74, 6) is -1.65. The zero-order valence-electron chi connectivity index (χ0n) is 10.6. The summed E-state index contributed by atoms with van der Waals surface area (Å²) in [7, 11) is 0. The SMILES string of the molecule is CCN(CC(C)C(=O)O)c1ccnc(C(F)(F)F)c1. The fourth-order valence-corrected chi connectivity index (χ4v) is 1.60. The first-order valence-corrected chi connectivity index (χ1v) is 5.76. The molecule has 0 aliphatic rings. The van der Waals surface area contributed by atoms with Gasteiger partial charge in [-0.3, -0.25) is 9.78 Å². The van der Waals surface area contributed by atoms with Crippen molar-refractivity contribution in [2.45, 2.75) is 20.0 Å². The highest BCUT2D eigenvalue weighted by Gasteiger charge is 2.32. The van der Waals surface area contributed by atoms with Gasteiger partial charge < -0.3 is 10.0 Å². The maximum atomic E-state index is 12.6. The van der Waals surface area contributed by atoms with Gasteiger partial charge in [0.2, 0.25) is 0 Å². The monoisotopic (exact) mass is 276 g/mol. The van der Waals surface area contributed by atoms with E-state index in [2.05, 4.69) is 4.98 Å². The summed E-state index contributed by atoms with van der Waals surface area (Å²) < 4.78 is 37.7. The molecule has 0 radical (unpaired) electrons. The summed E-state index contributed by atoms with van der Waals surface area (Å²) >= 11 is 0. The molecule has 1 aromatic heterocycles. The second-order valence-electron chi connectivity index (χ2n) is 4.17. The number of rotatable bonds is 5. The van der Waals surface area contributed by atoms with Crippen molar-refractivity contribution in [3.63, 3.8) is 0 Å². The number of anilines is 1. The number of nitrogens with zero attached hydrogens (tertiary/aromatic N) is 2. The van der Waals surface area contributed by atoms with Crippen molar-refractivity contribution in [2.75, 3.05) is 18.0 Å². The molecule has 0 aliphatic heterocycles. The first-order chi connectivity index (χ1) is 8.75. The number of halogens is 3. The first-order valence-electron chi connectivity index (χ1n) is 5.76. The van der Waals surface area contributed by atoms with Crippen molar-refractivity contribution < 1.29 is 23.1 Å². The molecule has 0 saturated heterocycles. The molecule has 1 heterocycles. The number of carbonyl (C=O) groups is 1. The zero-order valence-corrected chi connectivity index (χ0v) is 10.6. The quantitative estimate of drug-likeness (QED) is 0.898. The molecule has 0 fully saturated rings. The number of hydrogen-bond donors (Lipinski definition) is 1. The van der Waals surface area contributed by atoms with E-state index in [9.17, 15) is 18.0 Å². The van der Waals surface area contributed by atoms with Gasteiger partial charge in [0.15, 0.2) is 0 Å². The summed E-state index contributed by atoms with van der Waals surface area (Å²) in [6.07, 6.45) is -3.43. The molecule has 1 aromatic rings. The van der Waals surface area contributed by atoms with Crippen molar-refractivity contribution in [1.29, 1.82) is 0 Å². The highest BCUT2D eigenvalue weighted by atomic mass is 19.4. The molecule has 1 atom stereocenters. The molecule has 0 saturated carbocycles. The molecule has 1 unspecified atom stereocenters. The minimum atomic E-state index is -4.51. The maximum Gasteiger partial charge on any atom is 0.433 e. The van der Waals surface area contributed by atoms with E-state index in [-0.39, 0.29) is 6.54 Å². The Morgan fingerprint density at radius 2 is 2.16 bits per heavy atom. The number of carboxylic acids is 1. The van der Waals surface area contributed by atoms with Gasteiger partial charge in [0.25, 0.3) is 0 Å². The van der Waals surface area contributed by atoms with Crippen molar-refractivity contribution in [3.8, 4) is 0 Å². The van der Waals surface area contributed by atoms with E-state index in [1.165, 1.54) is 13.0 Å². The van der Waals surface area contributed by atoms with Crippen LogP contribution in [0.15, 0.2) is 18.3 Å². The summed E-state index contributed by atoms with van der Waals surface area (Å²) in [5.41, 5.74) is -0.663. The third kappa shape index (κ3) is 4.11. The molecule has 1 rings (SSSR count). The number of carboxylic acid groups (broad SMARTS) is 1. The van der Waals surface area contributed by atoms with E-state index in [0.29, 0.717) is 12.2 Å². The summed E-state index contributed by atoms with van der Waals surface area (Å²) in [5, 5.41) is 8.84. The van der Waals surface area contributed by atoms with Crippen LogP contribution in [0.25, 0.3) is 0 Å². The van der Waals surface area contributed by atoms with Crippen LogP contribution in [0.5, 0.6) is 0 Å². The largest absolute Gasteiger partial charge is 0.481 e. The fourth-order valence-electron chi connectivity index (χ4n) is 1.60. The predicted molar refractivity (Wildman–Crippen MR) is 63.9 cm³/mol. The van der Waals surface area contributed by atoms with Gasteiger partial charge in [-0.15, -0.1) is 0 Å². The van der Waals surface area contributed by atoms with Crippen molar-refractivity contribution in [2.24, 2.45) is 5.92 Å². The lowest BCUT2D eigenvalue weighted by Gasteiger charge is -2.25. The lowest BCUT2D eigenvalue weighted by atomic mass is 10.1. The summed E-state index contributed by atoms with van der Waals surface area (Å²) in [6, 6.07) is 2.37. The lowest BCUT2D eigenvalue weighted by molar-refractivity contribution is -0.142. The van der Waals surface area contributed by atoms with Gasteiger partial charge in [-0.05, 0) is 19.1 Å². The molecular weight excluding hydrogens is 261 g/mol. The Hall–Kier alpha value is -1.79. The van der Waals surface area contributed by atoms with Crippen LogP contribution >= 0.6 is 0 Å². The zero-order chi connectivity index (χ0) is 14.6. The summed E-state index contributed by atoms with van der Waals surface area (Å²) in [4.78, 5) is 15.6. The van der Waals surface area contributed by atoms with E-state index in [4.69, 9.17) is 5.11 Å². The lowest BCUT2D eigenvalue weighted by Crippen LogP contribution is -2.31. The van der Waals surface area contributed by atoms with E-state index >= 15 is 0 Å². The molecule has 0 aromatic carbocycles. The van der Waals surface area contributed by atoms with Crippen LogP contribution in [-0.4, -0.2) is 29.1 Å². The Morgan fingerprint density at radius 3 is 2.63 bits per heavy atom. The van der Waals surface area contributed by atoms with Crippen LogP contribution in [0.4, 0.5) is 18.9 Å². The molecule has 0 amide bonds. The smallest absolute Gasteiger partial charge is 0.433 e. The van der Waals surface area contributed by atoms with E-state index < -0.39 is 23.8 Å². The Kier molecular flexibility index (Phi) is 4.74.